The van der Waals surface area contributed by atoms with E-state index in [4.69, 9.17) is 0 Å². The third-order valence-corrected chi connectivity index (χ3v) is 9.00. The molecule has 0 aromatic rings. The van der Waals surface area contributed by atoms with Crippen molar-refractivity contribution in [2.75, 3.05) is 19.8 Å². The molecule has 0 heterocycles. The lowest BCUT2D eigenvalue weighted by molar-refractivity contribution is -0.343. The van der Waals surface area contributed by atoms with Crippen LogP contribution in [-0.2, 0) is 28.6 Å². The van der Waals surface area contributed by atoms with Gasteiger partial charge in [0, 0.05) is 47.9 Å². The van der Waals surface area contributed by atoms with Crippen LogP contribution in [0.4, 0.5) is 123 Å². The fraction of sp³-hybridized carbons (Fsp3) is 0.774. The van der Waals surface area contributed by atoms with Crippen molar-refractivity contribution in [2.45, 2.75) is 125 Å². The van der Waals surface area contributed by atoms with E-state index in [0.717, 1.165) is 59.0 Å². The van der Waals surface area contributed by atoms with Gasteiger partial charge in [0.15, 0.2) is 0 Å². The average molecular weight is 1410 g/mol. The van der Waals surface area contributed by atoms with Crippen LogP contribution in [0.5, 0.6) is 0 Å². The van der Waals surface area contributed by atoms with Crippen LogP contribution >= 0.6 is 67.8 Å². The van der Waals surface area contributed by atoms with E-state index in [9.17, 15) is 137 Å². The Morgan fingerprint density at radius 1 is 0.426 bits per heavy atom. The Morgan fingerprint density at radius 3 is 0.750 bits per heavy atom. The molecule has 0 aliphatic rings. The molecule has 0 saturated heterocycles. The summed E-state index contributed by atoms with van der Waals surface area (Å²) in [6.45, 7) is 8.07. The maximum absolute atomic E-state index is 13.2. The van der Waals surface area contributed by atoms with Gasteiger partial charge in [0.2, 0.25) is 0 Å². The van der Waals surface area contributed by atoms with Crippen LogP contribution in [0.15, 0.2) is 25.3 Å². The van der Waals surface area contributed by atoms with E-state index in [2.05, 4.69) is 27.4 Å². The number of halogens is 31. The monoisotopic (exact) mass is 1410 g/mol. The number of hydrogen-bond acceptors (Lipinski definition) is 6. The summed E-state index contributed by atoms with van der Waals surface area (Å²) in [5, 5.41) is 0. The Bertz CT molecular complexity index is 1390. The number of esters is 3. The molecule has 2 unspecified atom stereocenters. The van der Waals surface area contributed by atoms with Gasteiger partial charge in [-0.3, -0.25) is 14.4 Å². The molecule has 2 atom stereocenters. The van der Waals surface area contributed by atoms with Gasteiger partial charge in [-0.1, -0.05) is 71.3 Å². The molecule has 0 aromatic heterocycles. The van der Waals surface area contributed by atoms with E-state index in [1.165, 1.54) is 13.0 Å². The van der Waals surface area contributed by atoms with Gasteiger partial charge in [-0.05, 0) is 22.6 Å². The minimum atomic E-state index is -6.08. The maximum atomic E-state index is 13.2. The number of carbonyl (C=O) groups excluding carboxylic acids is 3. The van der Waals surface area contributed by atoms with E-state index < -0.39 is 122 Å². The van der Waals surface area contributed by atoms with Gasteiger partial charge >= 0.3 is 76.7 Å². The van der Waals surface area contributed by atoms with Crippen molar-refractivity contribution in [3.63, 3.8) is 0 Å². The molecule has 410 valence electrons. The quantitative estimate of drug-likeness (QED) is 0.0484. The second kappa shape index (κ2) is 29.0. The van der Waals surface area contributed by atoms with Crippen molar-refractivity contribution < 1.29 is 152 Å². The van der Waals surface area contributed by atoms with E-state index in [0.29, 0.717) is 6.61 Å². The molecule has 0 fully saturated rings. The van der Waals surface area contributed by atoms with Crippen molar-refractivity contribution in [2.24, 2.45) is 0 Å². The van der Waals surface area contributed by atoms with Crippen LogP contribution in [0.3, 0.4) is 0 Å². The van der Waals surface area contributed by atoms with E-state index in [1.807, 2.05) is 0 Å². The predicted molar refractivity (Wildman–Crippen MR) is 204 cm³/mol. The van der Waals surface area contributed by atoms with Crippen molar-refractivity contribution in [1.82, 2.24) is 0 Å². The molecule has 0 aliphatic heterocycles. The van der Waals surface area contributed by atoms with Gasteiger partial charge in [-0.2, -0.15) is 105 Å². The van der Waals surface area contributed by atoms with E-state index in [-0.39, 0.29) is 42.1 Å². The number of hydrogen-bond donors (Lipinski definition) is 0. The first kappa shape index (κ1) is 77.6. The largest absolute Gasteiger partial charge is 0.465 e. The lowest BCUT2D eigenvalue weighted by atomic mass is 9.98. The minimum absolute atomic E-state index is 0. The highest BCUT2D eigenvalue weighted by Gasteiger charge is 2.74. The molecule has 0 saturated carbocycles. The minimum Gasteiger partial charge on any atom is -0.465 e. The summed E-state index contributed by atoms with van der Waals surface area (Å²) in [5.74, 6) is -2.01. The van der Waals surface area contributed by atoms with Crippen LogP contribution in [-0.4, -0.2) is 116 Å². The zero-order valence-electron chi connectivity index (χ0n) is 32.6. The molecule has 0 rings (SSSR count). The summed E-state index contributed by atoms with van der Waals surface area (Å²) in [4.78, 5) is 30.6. The normalized spacial score (nSPS) is 14.1. The summed E-state index contributed by atoms with van der Waals surface area (Å²) in [5.41, 5.74) is -15.8. The molecule has 37 heteroatoms. The molecule has 0 spiro atoms. The van der Waals surface area contributed by atoms with Crippen molar-refractivity contribution in [3.8, 4) is 0 Å². The topological polar surface area (TPSA) is 78.9 Å². The van der Waals surface area contributed by atoms with Gasteiger partial charge in [0.05, 0.1) is 0 Å². The van der Waals surface area contributed by atoms with E-state index in [1.54, 1.807) is 0 Å². The van der Waals surface area contributed by atoms with Gasteiger partial charge in [-0.15, -0.1) is 6.58 Å². The zero-order valence-corrected chi connectivity index (χ0v) is 39.1. The van der Waals surface area contributed by atoms with Crippen molar-refractivity contribution in [1.29, 1.82) is 0 Å². The fourth-order valence-electron chi connectivity index (χ4n) is 2.86. The summed E-state index contributed by atoms with van der Waals surface area (Å²) in [6.07, 6.45) is -51.9. The third kappa shape index (κ3) is 26.5. The Morgan fingerprint density at radius 2 is 0.647 bits per heavy atom. The molecule has 0 bridgehead atoms. The molecular weight excluding hydrogens is 1380 g/mol. The highest BCUT2D eigenvalue weighted by Crippen LogP contribution is 2.53. The standard InChI is InChI=1S/2C8H8F7IO2.C6H5F7.C5H8O2.C3F7I.CH4/c2*1-4(17)18-3-5(16)2-6(9,7(10,11)12)8(13,14)15;1-2-3-4(7,5(8,9)10)6(11,12)13;1-3-4-7-5(2)6;4-1(11,2(5,6)7)3(8,9)10;/h2*5H,2-3H2,1H3;2H,1,3H2;3H,1,4H2,2H3;;1H4. The predicted octanol–water partition coefficient (Wildman–Crippen LogP) is 15.1. The van der Waals surface area contributed by atoms with Gasteiger partial charge < -0.3 is 14.2 Å². The SMILES string of the molecule is C.C=CCC(F)(C(F)(F)F)C(F)(F)F.C=CCOC(C)=O.CC(=O)OCC(I)CC(F)(C(F)(F)F)C(F)(F)F.CC(=O)OCC(I)CC(F)(C(F)(F)F)C(F)(F)F.FC(F)(F)C(F)(I)C(F)(F)F. The maximum Gasteiger partial charge on any atom is 0.441 e. The number of rotatable bonds is 12. The van der Waals surface area contributed by atoms with Gasteiger partial charge in [0.1, 0.15) is 19.8 Å². The third-order valence-electron chi connectivity index (χ3n) is 6.18. The molecule has 6 nitrogen and oxygen atoms in total. The zero-order chi connectivity index (χ0) is 55.7. The molecule has 0 N–H and O–H groups in total. The van der Waals surface area contributed by atoms with Crippen LogP contribution in [0.1, 0.15) is 47.5 Å². The summed E-state index contributed by atoms with van der Waals surface area (Å²) >= 11 is 2.00. The molecular formula is C31H33F28I3O6. The summed E-state index contributed by atoms with van der Waals surface area (Å²) in [6, 6.07) is 0. The Kier molecular flexibility index (Phi) is 33.1. The number of allylic oxidation sites excluding steroid dienone is 1. The Hall–Kier alpha value is -1.88. The molecule has 0 radical (unpaired) electrons. The Labute approximate surface area is 406 Å². The Balaban J connectivity index is -0.000000182. The number of carbonyl (C=O) groups is 3. The average Bonchev–Trinajstić information content (AvgIpc) is 3.06. The van der Waals surface area contributed by atoms with Crippen LogP contribution < -0.4 is 0 Å². The first-order valence-corrected chi connectivity index (χ1v) is 19.4. The molecule has 0 aromatic carbocycles. The molecule has 0 amide bonds. The first-order chi connectivity index (χ1) is 29.0. The number of alkyl halides is 31. The lowest BCUT2D eigenvalue weighted by Gasteiger charge is -2.31. The molecule has 68 heavy (non-hydrogen) atoms. The highest BCUT2D eigenvalue weighted by atomic mass is 127. The van der Waals surface area contributed by atoms with Crippen molar-refractivity contribution >= 4 is 85.7 Å². The fourth-order valence-corrected chi connectivity index (χ4v) is 4.43. The molecule has 0 aliphatic carbocycles. The summed E-state index contributed by atoms with van der Waals surface area (Å²) in [7, 11) is 0. The van der Waals surface area contributed by atoms with Gasteiger partial charge in [0.25, 0.3) is 11.3 Å². The first-order valence-electron chi connectivity index (χ1n) is 15.8. The van der Waals surface area contributed by atoms with E-state index >= 15 is 0 Å². The van der Waals surface area contributed by atoms with Crippen LogP contribution in [0.25, 0.3) is 0 Å². The van der Waals surface area contributed by atoms with Crippen molar-refractivity contribution in [3.05, 3.63) is 25.3 Å². The number of ether oxygens (including phenoxy) is 3. The summed E-state index contributed by atoms with van der Waals surface area (Å²) < 4.78 is 339. The van der Waals surface area contributed by atoms with Crippen LogP contribution in [0, 0.1) is 0 Å². The smallest absolute Gasteiger partial charge is 0.441 e. The lowest BCUT2D eigenvalue weighted by Crippen LogP contribution is -2.54. The highest BCUT2D eigenvalue weighted by molar-refractivity contribution is 14.1. The van der Waals surface area contributed by atoms with Crippen LogP contribution in [0.2, 0.25) is 0 Å². The second-order valence-electron chi connectivity index (χ2n) is 11.8. The second-order valence-corrected chi connectivity index (χ2v) is 16.8. The van der Waals surface area contributed by atoms with Gasteiger partial charge in [-0.25, -0.2) is 17.6 Å².